The Bertz CT molecular complexity index is 951. The number of hydrogen-bond acceptors (Lipinski definition) is 4. The molecule has 0 unspecified atom stereocenters. The first-order valence-corrected chi connectivity index (χ1v) is 9.66. The Balaban J connectivity index is 1.49. The maximum Gasteiger partial charge on any atom is 0.272 e. The lowest BCUT2D eigenvalue weighted by atomic mass is 10.0. The molecule has 7 nitrogen and oxygen atoms in total. The van der Waals surface area contributed by atoms with E-state index >= 15 is 0 Å². The third-order valence-corrected chi connectivity index (χ3v) is 5.17. The maximum atomic E-state index is 14.6. The van der Waals surface area contributed by atoms with E-state index in [1.165, 1.54) is 0 Å². The van der Waals surface area contributed by atoms with Crippen molar-refractivity contribution in [2.24, 2.45) is 5.92 Å². The van der Waals surface area contributed by atoms with Crippen molar-refractivity contribution in [1.29, 1.82) is 0 Å². The molecule has 2 atom stereocenters. The van der Waals surface area contributed by atoms with Gasteiger partial charge in [-0.05, 0) is 30.0 Å². The van der Waals surface area contributed by atoms with Crippen molar-refractivity contribution in [3.8, 4) is 11.1 Å². The highest BCUT2D eigenvalue weighted by molar-refractivity contribution is 6.05. The topological polar surface area (TPSA) is 89.7 Å². The van der Waals surface area contributed by atoms with Gasteiger partial charge in [0, 0.05) is 36.8 Å². The van der Waals surface area contributed by atoms with Gasteiger partial charge in [0.2, 0.25) is 0 Å². The summed E-state index contributed by atoms with van der Waals surface area (Å²) in [6.07, 6.45) is 3.03. The lowest BCUT2D eigenvalue weighted by Gasteiger charge is -2.35. The number of carbonyl (C=O) groups excluding carboxylic acids is 1. The summed E-state index contributed by atoms with van der Waals surface area (Å²) in [6, 6.07) is 5.23. The highest BCUT2D eigenvalue weighted by atomic mass is 19.1. The molecule has 4 rings (SSSR count). The van der Waals surface area contributed by atoms with Crippen LogP contribution in [-0.2, 0) is 0 Å². The number of rotatable bonds is 5. The summed E-state index contributed by atoms with van der Waals surface area (Å²) in [6.45, 7) is 6.27. The van der Waals surface area contributed by atoms with E-state index in [-0.39, 0.29) is 11.6 Å². The summed E-state index contributed by atoms with van der Waals surface area (Å²) in [7, 11) is 0. The van der Waals surface area contributed by atoms with Gasteiger partial charge in [-0.25, -0.2) is 4.39 Å². The molecule has 0 aliphatic carbocycles. The molecule has 1 saturated heterocycles. The molecule has 0 spiro atoms. The SMILES string of the molecule is CC(C)CN1CC[C@H](NC(=O)c2n[nH]c3ccc(-c4cn[nH]c4)cc23)[C@@H](F)C1. The lowest BCUT2D eigenvalue weighted by Crippen LogP contribution is -2.53. The van der Waals surface area contributed by atoms with Crippen LogP contribution in [0.4, 0.5) is 4.39 Å². The van der Waals surface area contributed by atoms with Crippen LogP contribution in [0.25, 0.3) is 22.0 Å². The van der Waals surface area contributed by atoms with E-state index in [0.29, 0.717) is 24.3 Å². The molecule has 1 amide bonds. The third kappa shape index (κ3) is 3.77. The number of amides is 1. The van der Waals surface area contributed by atoms with Crippen molar-refractivity contribution in [3.63, 3.8) is 0 Å². The highest BCUT2D eigenvalue weighted by Crippen LogP contribution is 2.25. The zero-order valence-corrected chi connectivity index (χ0v) is 16.1. The van der Waals surface area contributed by atoms with Gasteiger partial charge in [0.05, 0.1) is 17.8 Å². The van der Waals surface area contributed by atoms with Gasteiger partial charge in [0.25, 0.3) is 5.91 Å². The van der Waals surface area contributed by atoms with Crippen LogP contribution in [0.15, 0.2) is 30.6 Å². The molecule has 3 aromatic rings. The van der Waals surface area contributed by atoms with Crippen molar-refractivity contribution in [3.05, 3.63) is 36.3 Å². The van der Waals surface area contributed by atoms with Crippen LogP contribution >= 0.6 is 0 Å². The Morgan fingerprint density at radius 3 is 2.96 bits per heavy atom. The van der Waals surface area contributed by atoms with Crippen LogP contribution in [0.1, 0.15) is 30.8 Å². The minimum Gasteiger partial charge on any atom is -0.345 e. The van der Waals surface area contributed by atoms with Gasteiger partial charge in [-0.3, -0.25) is 15.0 Å². The van der Waals surface area contributed by atoms with Crippen molar-refractivity contribution in [1.82, 2.24) is 30.6 Å². The minimum absolute atomic E-state index is 0.289. The number of aromatic amines is 2. The fourth-order valence-electron chi connectivity index (χ4n) is 3.82. The molecule has 3 N–H and O–H groups in total. The molecular formula is C20H25FN6O. The molecule has 8 heteroatoms. The van der Waals surface area contributed by atoms with Gasteiger partial charge in [-0.15, -0.1) is 0 Å². The quantitative estimate of drug-likeness (QED) is 0.631. The first kappa shape index (κ1) is 18.6. The van der Waals surface area contributed by atoms with E-state index in [2.05, 4.69) is 44.5 Å². The standard InChI is InChI=1S/C20H25FN6O/c1-12(2)10-27-6-5-18(16(21)11-27)24-20(28)19-15-7-13(14-8-22-23-9-14)3-4-17(15)25-26-19/h3-4,7-9,12,16,18H,5-6,10-11H2,1-2H3,(H,22,23)(H,24,28)(H,25,26)/t16-,18-/m0/s1. The zero-order chi connectivity index (χ0) is 19.7. The molecule has 2 aromatic heterocycles. The minimum atomic E-state index is -1.08. The number of carbonyl (C=O) groups is 1. The smallest absolute Gasteiger partial charge is 0.272 e. The second-order valence-electron chi connectivity index (χ2n) is 7.86. The number of nitrogens with zero attached hydrogens (tertiary/aromatic N) is 3. The number of aromatic nitrogens is 4. The van der Waals surface area contributed by atoms with E-state index in [1.54, 1.807) is 12.4 Å². The second kappa shape index (κ2) is 7.71. The number of likely N-dealkylation sites (tertiary alicyclic amines) is 1. The van der Waals surface area contributed by atoms with Crippen LogP contribution in [0.2, 0.25) is 0 Å². The predicted octanol–water partition coefficient (Wildman–Crippen LogP) is 2.75. The number of benzene rings is 1. The molecule has 148 valence electrons. The number of halogens is 1. The van der Waals surface area contributed by atoms with E-state index in [1.807, 2.05) is 18.2 Å². The van der Waals surface area contributed by atoms with Crippen LogP contribution in [0, 0.1) is 5.92 Å². The number of nitrogens with one attached hydrogen (secondary N) is 3. The molecule has 3 heterocycles. The summed E-state index contributed by atoms with van der Waals surface area (Å²) < 4.78 is 14.6. The van der Waals surface area contributed by atoms with Crippen LogP contribution in [-0.4, -0.2) is 63.0 Å². The molecule has 28 heavy (non-hydrogen) atoms. The summed E-state index contributed by atoms with van der Waals surface area (Å²) in [5.74, 6) is 0.152. The van der Waals surface area contributed by atoms with E-state index in [9.17, 15) is 9.18 Å². The molecule has 0 bridgehead atoms. The number of fused-ring (bicyclic) bond motifs is 1. The summed E-state index contributed by atoms with van der Waals surface area (Å²) in [4.78, 5) is 14.9. The Morgan fingerprint density at radius 1 is 1.39 bits per heavy atom. The number of hydrogen-bond donors (Lipinski definition) is 3. The highest BCUT2D eigenvalue weighted by Gasteiger charge is 2.31. The molecule has 1 aromatic carbocycles. The van der Waals surface area contributed by atoms with Crippen LogP contribution in [0.5, 0.6) is 0 Å². The second-order valence-corrected chi connectivity index (χ2v) is 7.86. The van der Waals surface area contributed by atoms with Crippen molar-refractivity contribution >= 4 is 16.8 Å². The third-order valence-electron chi connectivity index (χ3n) is 5.17. The van der Waals surface area contributed by atoms with E-state index in [0.717, 1.165) is 29.7 Å². The summed E-state index contributed by atoms with van der Waals surface area (Å²) >= 11 is 0. The Kier molecular flexibility index (Phi) is 5.13. The van der Waals surface area contributed by atoms with Gasteiger partial charge in [0.1, 0.15) is 6.17 Å². The first-order valence-electron chi connectivity index (χ1n) is 9.66. The molecule has 1 aliphatic heterocycles. The van der Waals surface area contributed by atoms with Crippen molar-refractivity contribution in [2.75, 3.05) is 19.6 Å². The van der Waals surface area contributed by atoms with Gasteiger partial charge in [-0.2, -0.15) is 10.2 Å². The van der Waals surface area contributed by atoms with Crippen LogP contribution in [0.3, 0.4) is 0 Å². The summed E-state index contributed by atoms with van der Waals surface area (Å²) in [5.41, 5.74) is 2.91. The Morgan fingerprint density at radius 2 is 2.25 bits per heavy atom. The Labute approximate surface area is 162 Å². The average Bonchev–Trinajstić information content (AvgIpc) is 3.32. The maximum absolute atomic E-state index is 14.6. The van der Waals surface area contributed by atoms with Crippen LogP contribution < -0.4 is 5.32 Å². The molecule has 0 radical (unpaired) electrons. The van der Waals surface area contributed by atoms with Gasteiger partial charge in [0.15, 0.2) is 5.69 Å². The molecule has 1 fully saturated rings. The number of H-pyrrole nitrogens is 2. The first-order chi connectivity index (χ1) is 13.5. The average molecular weight is 384 g/mol. The number of alkyl halides is 1. The van der Waals surface area contributed by atoms with Gasteiger partial charge >= 0.3 is 0 Å². The van der Waals surface area contributed by atoms with Gasteiger partial charge in [-0.1, -0.05) is 19.9 Å². The van der Waals surface area contributed by atoms with E-state index in [4.69, 9.17) is 0 Å². The summed E-state index contributed by atoms with van der Waals surface area (Å²) in [5, 5.41) is 17.4. The fourth-order valence-corrected chi connectivity index (χ4v) is 3.82. The van der Waals surface area contributed by atoms with Gasteiger partial charge < -0.3 is 10.2 Å². The lowest BCUT2D eigenvalue weighted by molar-refractivity contribution is 0.0748. The fraction of sp³-hybridized carbons (Fsp3) is 0.450. The number of piperidine rings is 1. The monoisotopic (exact) mass is 384 g/mol. The van der Waals surface area contributed by atoms with Crippen molar-refractivity contribution in [2.45, 2.75) is 32.5 Å². The zero-order valence-electron chi connectivity index (χ0n) is 16.1. The largest absolute Gasteiger partial charge is 0.345 e. The Hall–Kier alpha value is -2.74. The predicted molar refractivity (Wildman–Crippen MR) is 106 cm³/mol. The van der Waals surface area contributed by atoms with E-state index < -0.39 is 12.2 Å². The normalized spacial score (nSPS) is 20.7. The molecular weight excluding hydrogens is 359 g/mol. The molecule has 0 saturated carbocycles. The molecule has 1 aliphatic rings. The van der Waals surface area contributed by atoms with Crippen molar-refractivity contribution < 1.29 is 9.18 Å².